The highest BCUT2D eigenvalue weighted by Gasteiger charge is 2.23. The van der Waals surface area contributed by atoms with Gasteiger partial charge in [-0.1, -0.05) is 30.3 Å². The Morgan fingerprint density at radius 1 is 1.06 bits per heavy atom. The van der Waals surface area contributed by atoms with Gasteiger partial charge >= 0.3 is 0 Å². The van der Waals surface area contributed by atoms with Crippen molar-refractivity contribution in [1.82, 2.24) is 14.8 Å². The van der Waals surface area contributed by atoms with E-state index in [9.17, 15) is 9.18 Å². The zero-order chi connectivity index (χ0) is 23.3. The van der Waals surface area contributed by atoms with Crippen LogP contribution in [0.1, 0.15) is 41.9 Å². The van der Waals surface area contributed by atoms with Crippen molar-refractivity contribution in [3.63, 3.8) is 0 Å². The molecule has 4 nitrogen and oxygen atoms in total. The van der Waals surface area contributed by atoms with E-state index in [1.807, 2.05) is 18.2 Å². The van der Waals surface area contributed by atoms with Crippen LogP contribution in [0, 0.1) is 5.82 Å². The number of thiophene rings is 1. The van der Waals surface area contributed by atoms with Crippen LogP contribution in [0.15, 0.2) is 71.6 Å². The molecule has 0 aliphatic carbocycles. The van der Waals surface area contributed by atoms with Crippen molar-refractivity contribution in [2.24, 2.45) is 0 Å². The lowest BCUT2D eigenvalue weighted by Gasteiger charge is -2.18. The van der Waals surface area contributed by atoms with Gasteiger partial charge in [-0.25, -0.2) is 4.39 Å². The van der Waals surface area contributed by atoms with Crippen LogP contribution >= 0.6 is 11.3 Å². The van der Waals surface area contributed by atoms with Crippen molar-refractivity contribution in [2.75, 3.05) is 26.2 Å². The maximum atomic E-state index is 13.4. The van der Waals surface area contributed by atoms with Crippen molar-refractivity contribution < 1.29 is 9.18 Å². The summed E-state index contributed by atoms with van der Waals surface area (Å²) in [5, 5.41) is 8.53. The first kappa shape index (κ1) is 22.8. The number of nitrogens with zero attached hydrogens (tertiary/aromatic N) is 2. The van der Waals surface area contributed by atoms with E-state index in [4.69, 9.17) is 0 Å². The first-order valence-electron chi connectivity index (χ1n) is 12.0. The molecule has 34 heavy (non-hydrogen) atoms. The van der Waals surface area contributed by atoms with Gasteiger partial charge in [-0.2, -0.15) is 11.3 Å². The highest BCUT2D eigenvalue weighted by atomic mass is 32.1. The highest BCUT2D eigenvalue weighted by molar-refractivity contribution is 7.08. The van der Waals surface area contributed by atoms with E-state index < -0.39 is 0 Å². The van der Waals surface area contributed by atoms with Gasteiger partial charge in [-0.15, -0.1) is 0 Å². The van der Waals surface area contributed by atoms with Crippen LogP contribution in [0.3, 0.4) is 0 Å². The minimum atomic E-state index is -0.227. The summed E-state index contributed by atoms with van der Waals surface area (Å²) >= 11 is 1.66. The van der Waals surface area contributed by atoms with Gasteiger partial charge in [0.2, 0.25) is 5.91 Å². The average Bonchev–Trinajstić information content (AvgIpc) is 3.62. The molecule has 1 unspecified atom stereocenters. The topological polar surface area (TPSA) is 37.3 Å². The van der Waals surface area contributed by atoms with Gasteiger partial charge in [0.1, 0.15) is 5.82 Å². The molecule has 0 radical (unpaired) electrons. The summed E-state index contributed by atoms with van der Waals surface area (Å²) < 4.78 is 15.6. The normalized spacial score (nSPS) is 15.1. The summed E-state index contributed by atoms with van der Waals surface area (Å²) in [4.78, 5) is 15.4. The summed E-state index contributed by atoms with van der Waals surface area (Å²) in [7, 11) is 0. The molecule has 2 aromatic carbocycles. The number of halogens is 1. The Balaban J connectivity index is 1.39. The lowest BCUT2D eigenvalue weighted by molar-refractivity contribution is -0.121. The third kappa shape index (κ3) is 5.24. The van der Waals surface area contributed by atoms with Crippen LogP contribution < -0.4 is 5.32 Å². The zero-order valence-electron chi connectivity index (χ0n) is 19.3. The summed E-state index contributed by atoms with van der Waals surface area (Å²) in [6.45, 7) is 4.55. The number of benzene rings is 2. The second-order valence-electron chi connectivity index (χ2n) is 9.07. The van der Waals surface area contributed by atoms with Crippen molar-refractivity contribution in [2.45, 2.75) is 31.7 Å². The monoisotopic (exact) mass is 475 g/mol. The molecule has 5 rings (SSSR count). The lowest BCUT2D eigenvalue weighted by Crippen LogP contribution is -2.34. The minimum Gasteiger partial charge on any atom is -0.355 e. The van der Waals surface area contributed by atoms with Crippen LogP contribution in [-0.2, 0) is 11.3 Å². The molecule has 1 N–H and O–H groups in total. The molecule has 3 heterocycles. The number of carbonyl (C=O) groups excluding carboxylic acids is 1. The molecule has 1 fully saturated rings. The molecule has 0 saturated carbocycles. The predicted octanol–water partition coefficient (Wildman–Crippen LogP) is 5.62. The second-order valence-corrected chi connectivity index (χ2v) is 9.85. The van der Waals surface area contributed by atoms with Crippen molar-refractivity contribution in [3.8, 4) is 0 Å². The number of amides is 1. The molecule has 4 aromatic rings. The smallest absolute Gasteiger partial charge is 0.220 e. The van der Waals surface area contributed by atoms with Gasteiger partial charge in [-0.05, 0) is 77.6 Å². The van der Waals surface area contributed by atoms with E-state index in [0.29, 0.717) is 19.5 Å². The molecular weight excluding hydrogens is 445 g/mol. The molecule has 2 aromatic heterocycles. The van der Waals surface area contributed by atoms with E-state index in [2.05, 4.69) is 56.0 Å². The number of para-hydroxylation sites is 1. The Morgan fingerprint density at radius 3 is 2.62 bits per heavy atom. The fourth-order valence-electron chi connectivity index (χ4n) is 4.97. The molecular formula is C28H30FN3OS. The standard InChI is InChI=1S/C28H30FN3OS/c29-23-9-7-21(8-10-23)18-32-19-26(24-5-1-2-6-27(24)32)25(22-11-16-34-20-22)17-28(33)30-12-15-31-13-3-4-14-31/h1-2,5-11,16,19-20,25H,3-4,12-15,17-18H2,(H,30,33). The van der Waals surface area contributed by atoms with Crippen LogP contribution in [0.25, 0.3) is 10.9 Å². The van der Waals surface area contributed by atoms with E-state index in [-0.39, 0.29) is 17.6 Å². The third-order valence-electron chi connectivity index (χ3n) is 6.74. The molecule has 1 aliphatic heterocycles. The third-order valence-corrected chi connectivity index (χ3v) is 7.45. The van der Waals surface area contributed by atoms with Crippen LogP contribution in [-0.4, -0.2) is 41.6 Å². The summed E-state index contributed by atoms with van der Waals surface area (Å²) in [5.74, 6) is -0.154. The Hall–Kier alpha value is -2.96. The molecule has 1 aliphatic rings. The molecule has 0 spiro atoms. The summed E-state index contributed by atoms with van der Waals surface area (Å²) in [6, 6.07) is 17.1. The number of likely N-dealkylation sites (tertiary alicyclic amines) is 1. The molecule has 176 valence electrons. The largest absolute Gasteiger partial charge is 0.355 e. The van der Waals surface area contributed by atoms with Crippen molar-refractivity contribution in [1.29, 1.82) is 0 Å². The number of hydrogen-bond acceptors (Lipinski definition) is 3. The molecule has 0 bridgehead atoms. The number of aromatic nitrogens is 1. The molecule has 6 heteroatoms. The van der Waals surface area contributed by atoms with Crippen molar-refractivity contribution >= 4 is 28.1 Å². The number of carbonyl (C=O) groups is 1. The van der Waals surface area contributed by atoms with Gasteiger partial charge in [0.15, 0.2) is 0 Å². The maximum Gasteiger partial charge on any atom is 0.220 e. The van der Waals surface area contributed by atoms with Gasteiger partial charge in [0.25, 0.3) is 0 Å². The summed E-state index contributed by atoms with van der Waals surface area (Å²) in [5.41, 5.74) is 4.49. The number of nitrogens with one attached hydrogen (secondary N) is 1. The molecule has 1 saturated heterocycles. The van der Waals surface area contributed by atoms with Gasteiger partial charge in [-0.3, -0.25) is 4.79 Å². The maximum absolute atomic E-state index is 13.4. The lowest BCUT2D eigenvalue weighted by atomic mass is 9.89. The quantitative estimate of drug-likeness (QED) is 0.341. The van der Waals surface area contributed by atoms with E-state index in [0.717, 1.165) is 41.7 Å². The zero-order valence-corrected chi connectivity index (χ0v) is 20.1. The number of rotatable bonds is 9. The van der Waals surface area contributed by atoms with Gasteiger partial charge in [0.05, 0.1) is 0 Å². The highest BCUT2D eigenvalue weighted by Crippen LogP contribution is 2.36. The second kappa shape index (κ2) is 10.5. The van der Waals surface area contributed by atoms with E-state index in [1.165, 1.54) is 30.5 Å². The predicted molar refractivity (Wildman–Crippen MR) is 137 cm³/mol. The minimum absolute atomic E-state index is 0.0163. The number of hydrogen-bond donors (Lipinski definition) is 1. The SMILES string of the molecule is O=C(CC(c1ccsc1)c1cn(Cc2ccc(F)cc2)c2ccccc12)NCCN1CCCC1. The molecule has 1 atom stereocenters. The Morgan fingerprint density at radius 2 is 1.85 bits per heavy atom. The van der Waals surface area contributed by atoms with Crippen LogP contribution in [0.5, 0.6) is 0 Å². The van der Waals surface area contributed by atoms with Crippen LogP contribution in [0.2, 0.25) is 0 Å². The molecule has 1 amide bonds. The first-order valence-corrected chi connectivity index (χ1v) is 12.9. The Bertz CT molecular complexity index is 1230. The van der Waals surface area contributed by atoms with E-state index >= 15 is 0 Å². The van der Waals surface area contributed by atoms with Crippen molar-refractivity contribution in [3.05, 3.63) is 94.1 Å². The number of fused-ring (bicyclic) bond motifs is 1. The Kier molecular flexibility index (Phi) is 7.07. The van der Waals surface area contributed by atoms with Crippen LogP contribution in [0.4, 0.5) is 4.39 Å². The van der Waals surface area contributed by atoms with E-state index in [1.54, 1.807) is 11.3 Å². The van der Waals surface area contributed by atoms with Gasteiger partial charge < -0.3 is 14.8 Å². The first-order chi connectivity index (χ1) is 16.7. The fourth-order valence-corrected chi connectivity index (χ4v) is 5.68. The Labute approximate surface area is 204 Å². The average molecular weight is 476 g/mol. The fraction of sp³-hybridized carbons (Fsp3) is 0.321. The summed E-state index contributed by atoms with van der Waals surface area (Å²) in [6.07, 6.45) is 5.11. The van der Waals surface area contributed by atoms with Gasteiger partial charge in [0, 0.05) is 49.1 Å².